The number of halogens is 1. The number of sulfonamides is 1. The topological polar surface area (TPSA) is 87.9 Å². The van der Waals surface area contributed by atoms with Crippen LogP contribution in [0.2, 0.25) is 0 Å². The van der Waals surface area contributed by atoms with Crippen LogP contribution in [0.4, 0.5) is 4.39 Å². The lowest BCUT2D eigenvalue weighted by molar-refractivity contribution is 0.0759. The zero-order valence-electron chi connectivity index (χ0n) is 16.0. The number of rotatable bonds is 3. The largest absolute Gasteiger partial charge is 0.423 e. The van der Waals surface area contributed by atoms with Gasteiger partial charge in [-0.25, -0.2) is 17.6 Å². The van der Waals surface area contributed by atoms with Crippen molar-refractivity contribution in [3.63, 3.8) is 0 Å². The Morgan fingerprint density at radius 3 is 2.57 bits per heavy atom. The highest BCUT2D eigenvalue weighted by molar-refractivity contribution is 7.89. The van der Waals surface area contributed by atoms with E-state index in [0.29, 0.717) is 23.9 Å². The summed E-state index contributed by atoms with van der Waals surface area (Å²) >= 11 is 0. The zero-order valence-corrected chi connectivity index (χ0v) is 16.8. The van der Waals surface area contributed by atoms with Gasteiger partial charge in [0.05, 0.1) is 10.5 Å². The molecule has 1 aliphatic heterocycles. The molecule has 0 bridgehead atoms. The maximum absolute atomic E-state index is 14.0. The SMILES string of the molecule is O=C(c1ccccc1F)N1CCCN(S(=O)(=O)c2ccc3oc(=O)ccc3c2)CC1. The Bertz CT molecular complexity index is 1270. The van der Waals surface area contributed by atoms with Gasteiger partial charge in [-0.05, 0) is 42.8 Å². The highest BCUT2D eigenvalue weighted by Gasteiger charge is 2.29. The highest BCUT2D eigenvalue weighted by Crippen LogP contribution is 2.23. The van der Waals surface area contributed by atoms with Gasteiger partial charge in [0.25, 0.3) is 5.91 Å². The van der Waals surface area contributed by atoms with Crippen molar-refractivity contribution in [1.82, 2.24) is 9.21 Å². The van der Waals surface area contributed by atoms with E-state index in [2.05, 4.69) is 0 Å². The molecule has 0 aliphatic carbocycles. The van der Waals surface area contributed by atoms with Gasteiger partial charge in [0, 0.05) is 37.6 Å². The van der Waals surface area contributed by atoms with Gasteiger partial charge in [-0.3, -0.25) is 4.79 Å². The predicted octanol–water partition coefficient (Wildman–Crippen LogP) is 2.47. The summed E-state index contributed by atoms with van der Waals surface area (Å²) < 4.78 is 46.6. The van der Waals surface area contributed by atoms with Crippen molar-refractivity contribution in [3.05, 3.63) is 76.4 Å². The van der Waals surface area contributed by atoms with Crippen molar-refractivity contribution in [2.75, 3.05) is 26.2 Å². The Kier molecular flexibility index (Phi) is 5.40. The Morgan fingerprint density at radius 2 is 1.77 bits per heavy atom. The van der Waals surface area contributed by atoms with Gasteiger partial charge in [-0.15, -0.1) is 0 Å². The summed E-state index contributed by atoms with van der Waals surface area (Å²) in [6.45, 7) is 0.840. The molecule has 0 atom stereocenters. The van der Waals surface area contributed by atoms with Crippen LogP contribution in [0.15, 0.2) is 68.7 Å². The van der Waals surface area contributed by atoms with Crippen molar-refractivity contribution in [2.45, 2.75) is 11.3 Å². The molecule has 1 fully saturated rings. The molecular weight excluding hydrogens is 411 g/mol. The van der Waals surface area contributed by atoms with E-state index >= 15 is 0 Å². The Balaban J connectivity index is 1.55. The van der Waals surface area contributed by atoms with Crippen LogP contribution < -0.4 is 5.63 Å². The van der Waals surface area contributed by atoms with Gasteiger partial charge in [0.15, 0.2) is 0 Å². The standard InChI is InChI=1S/C21H19FN2O5S/c22-18-5-2-1-4-17(18)21(26)23-10-3-11-24(13-12-23)30(27,28)16-7-8-19-15(14-16)6-9-20(25)29-19/h1-2,4-9,14H,3,10-13H2. The van der Waals surface area contributed by atoms with E-state index in [1.807, 2.05) is 0 Å². The van der Waals surface area contributed by atoms with E-state index in [4.69, 9.17) is 4.42 Å². The monoisotopic (exact) mass is 430 g/mol. The van der Waals surface area contributed by atoms with E-state index in [9.17, 15) is 22.4 Å². The van der Waals surface area contributed by atoms with Crippen LogP contribution in [0.25, 0.3) is 11.0 Å². The first-order valence-electron chi connectivity index (χ1n) is 9.44. The first-order chi connectivity index (χ1) is 14.4. The van der Waals surface area contributed by atoms with Crippen LogP contribution in [-0.4, -0.2) is 49.7 Å². The van der Waals surface area contributed by atoms with Crippen LogP contribution in [0, 0.1) is 5.82 Å². The van der Waals surface area contributed by atoms with Gasteiger partial charge < -0.3 is 9.32 Å². The Hall–Kier alpha value is -3.04. The summed E-state index contributed by atoms with van der Waals surface area (Å²) in [4.78, 5) is 25.5. The molecule has 3 aromatic rings. The van der Waals surface area contributed by atoms with Gasteiger partial charge in [0.2, 0.25) is 10.0 Å². The molecule has 1 saturated heterocycles. The number of nitrogens with zero attached hydrogens (tertiary/aromatic N) is 2. The smallest absolute Gasteiger partial charge is 0.336 e. The molecule has 7 nitrogen and oxygen atoms in total. The van der Waals surface area contributed by atoms with Gasteiger partial charge in [-0.1, -0.05) is 12.1 Å². The molecule has 1 aromatic heterocycles. The number of carbonyl (C=O) groups excluding carboxylic acids is 1. The minimum absolute atomic E-state index is 0.0233. The molecular formula is C21H19FN2O5S. The first-order valence-corrected chi connectivity index (χ1v) is 10.9. The molecule has 9 heteroatoms. The molecule has 4 rings (SSSR count). The number of amides is 1. The minimum atomic E-state index is -3.81. The van der Waals surface area contributed by atoms with Crippen LogP contribution in [0.3, 0.4) is 0 Å². The fourth-order valence-corrected chi connectivity index (χ4v) is 5.01. The average Bonchev–Trinajstić information content (AvgIpc) is 3.00. The Morgan fingerprint density at radius 1 is 0.967 bits per heavy atom. The third-order valence-electron chi connectivity index (χ3n) is 5.07. The molecule has 0 spiro atoms. The van der Waals surface area contributed by atoms with Crippen LogP contribution in [0.5, 0.6) is 0 Å². The fourth-order valence-electron chi connectivity index (χ4n) is 3.50. The maximum atomic E-state index is 14.0. The van der Waals surface area contributed by atoms with E-state index in [0.717, 1.165) is 0 Å². The van der Waals surface area contributed by atoms with Crippen molar-refractivity contribution < 1.29 is 22.0 Å². The van der Waals surface area contributed by atoms with E-state index < -0.39 is 27.4 Å². The summed E-state index contributed by atoms with van der Waals surface area (Å²) in [7, 11) is -3.81. The molecule has 0 unspecified atom stereocenters. The average molecular weight is 430 g/mol. The second-order valence-corrected chi connectivity index (χ2v) is 8.92. The van der Waals surface area contributed by atoms with Gasteiger partial charge >= 0.3 is 5.63 Å². The fraction of sp³-hybridized carbons (Fsp3) is 0.238. The minimum Gasteiger partial charge on any atom is -0.423 e. The molecule has 2 aromatic carbocycles. The highest BCUT2D eigenvalue weighted by atomic mass is 32.2. The molecule has 0 radical (unpaired) electrons. The summed E-state index contributed by atoms with van der Waals surface area (Å²) in [5, 5.41) is 0.502. The predicted molar refractivity (Wildman–Crippen MR) is 108 cm³/mol. The number of carbonyl (C=O) groups is 1. The first kappa shape index (κ1) is 20.2. The van der Waals surface area contributed by atoms with Crippen LogP contribution in [0.1, 0.15) is 16.8 Å². The van der Waals surface area contributed by atoms with E-state index in [1.165, 1.54) is 57.7 Å². The van der Waals surface area contributed by atoms with Crippen LogP contribution in [-0.2, 0) is 10.0 Å². The normalized spacial score (nSPS) is 15.8. The van der Waals surface area contributed by atoms with Crippen molar-refractivity contribution in [3.8, 4) is 0 Å². The lowest BCUT2D eigenvalue weighted by Gasteiger charge is -2.22. The molecule has 1 aliphatic rings. The molecule has 0 saturated carbocycles. The second-order valence-electron chi connectivity index (χ2n) is 6.98. The Labute approximate surface area is 172 Å². The zero-order chi connectivity index (χ0) is 21.3. The summed E-state index contributed by atoms with van der Waals surface area (Å²) in [6.07, 6.45) is 0.432. The summed E-state index contributed by atoms with van der Waals surface area (Å²) in [5.41, 5.74) is -0.228. The third kappa shape index (κ3) is 3.86. The number of hydrogen-bond donors (Lipinski definition) is 0. The summed E-state index contributed by atoms with van der Waals surface area (Å²) in [6, 6.07) is 12.8. The number of benzene rings is 2. The molecule has 0 N–H and O–H groups in total. The molecule has 2 heterocycles. The summed E-state index contributed by atoms with van der Waals surface area (Å²) in [5.74, 6) is -1.05. The van der Waals surface area contributed by atoms with Crippen molar-refractivity contribution >= 4 is 26.9 Å². The number of fused-ring (bicyclic) bond motifs is 1. The number of hydrogen-bond acceptors (Lipinski definition) is 5. The van der Waals surface area contributed by atoms with Crippen LogP contribution >= 0.6 is 0 Å². The third-order valence-corrected chi connectivity index (χ3v) is 6.97. The molecule has 30 heavy (non-hydrogen) atoms. The van der Waals surface area contributed by atoms with E-state index in [-0.39, 0.29) is 30.1 Å². The lowest BCUT2D eigenvalue weighted by atomic mass is 10.2. The van der Waals surface area contributed by atoms with Crippen molar-refractivity contribution in [2.24, 2.45) is 0 Å². The van der Waals surface area contributed by atoms with Gasteiger partial charge in [-0.2, -0.15) is 4.31 Å². The lowest BCUT2D eigenvalue weighted by Crippen LogP contribution is -2.37. The maximum Gasteiger partial charge on any atom is 0.336 e. The van der Waals surface area contributed by atoms with Crippen molar-refractivity contribution in [1.29, 1.82) is 0 Å². The van der Waals surface area contributed by atoms with Gasteiger partial charge in [0.1, 0.15) is 11.4 Å². The molecule has 156 valence electrons. The second kappa shape index (κ2) is 8.00. The quantitative estimate of drug-likeness (QED) is 0.596. The van der Waals surface area contributed by atoms with E-state index in [1.54, 1.807) is 6.07 Å². The molecule has 1 amide bonds.